The van der Waals surface area contributed by atoms with E-state index in [9.17, 15) is 19.2 Å². The Morgan fingerprint density at radius 1 is 0.933 bits per heavy atom. The van der Waals surface area contributed by atoms with E-state index in [1.54, 1.807) is 30.3 Å². The van der Waals surface area contributed by atoms with Crippen LogP contribution in [-0.4, -0.2) is 41.6 Å². The van der Waals surface area contributed by atoms with Gasteiger partial charge in [0.1, 0.15) is 12.6 Å². The second kappa shape index (κ2) is 11.2. The van der Waals surface area contributed by atoms with Gasteiger partial charge in [-0.1, -0.05) is 59.6 Å². The van der Waals surface area contributed by atoms with Crippen molar-refractivity contribution in [3.05, 3.63) is 69.7 Å². The van der Waals surface area contributed by atoms with Crippen LogP contribution in [0.3, 0.4) is 0 Å². The molecule has 0 fully saturated rings. The number of hydrogen-bond donors (Lipinski definition) is 2. The zero-order valence-corrected chi connectivity index (χ0v) is 17.0. The maximum atomic E-state index is 12.3. The standard InChI is InChI=1S/C20H17Cl2NO7/c21-13-7-4-8-14(22)18(13)19(27)29-11-16(24)15(9-17(25)26)23-20(28)30-10-12-5-2-1-3-6-12/h1-8,15H,9-11H2,(H,23,28)(H,25,26)/t15-/m0/s1. The number of hydrogen-bond acceptors (Lipinski definition) is 6. The highest BCUT2D eigenvalue weighted by molar-refractivity contribution is 6.39. The molecule has 0 aliphatic heterocycles. The van der Waals surface area contributed by atoms with Crippen molar-refractivity contribution >= 4 is 47.0 Å². The fourth-order valence-electron chi connectivity index (χ4n) is 2.33. The number of carbonyl (C=O) groups excluding carboxylic acids is 3. The summed E-state index contributed by atoms with van der Waals surface area (Å²) in [5, 5.41) is 11.2. The predicted octanol–water partition coefficient (Wildman–Crippen LogP) is 3.49. The summed E-state index contributed by atoms with van der Waals surface area (Å²) in [5.41, 5.74) is 0.581. The Hall–Kier alpha value is -3.10. The Morgan fingerprint density at radius 3 is 2.17 bits per heavy atom. The van der Waals surface area contributed by atoms with Crippen LogP contribution in [0.25, 0.3) is 0 Å². The Kier molecular flexibility index (Phi) is 8.64. The molecular formula is C20H17Cl2NO7. The van der Waals surface area contributed by atoms with Gasteiger partial charge in [-0.25, -0.2) is 9.59 Å². The van der Waals surface area contributed by atoms with Crippen LogP contribution in [0.15, 0.2) is 48.5 Å². The van der Waals surface area contributed by atoms with Crippen molar-refractivity contribution in [2.24, 2.45) is 0 Å². The quantitative estimate of drug-likeness (QED) is 0.557. The van der Waals surface area contributed by atoms with Gasteiger partial charge in [-0.05, 0) is 17.7 Å². The first-order valence-corrected chi connectivity index (χ1v) is 9.36. The van der Waals surface area contributed by atoms with E-state index in [0.717, 1.165) is 0 Å². The first-order chi connectivity index (χ1) is 14.3. The molecule has 0 saturated heterocycles. The van der Waals surface area contributed by atoms with E-state index >= 15 is 0 Å². The topological polar surface area (TPSA) is 119 Å². The summed E-state index contributed by atoms with van der Waals surface area (Å²) in [7, 11) is 0. The summed E-state index contributed by atoms with van der Waals surface area (Å²) in [5.74, 6) is -3.14. The van der Waals surface area contributed by atoms with Gasteiger partial charge in [-0.2, -0.15) is 0 Å². The number of ketones is 1. The molecule has 1 amide bonds. The molecule has 2 aromatic carbocycles. The van der Waals surface area contributed by atoms with Crippen LogP contribution in [0, 0.1) is 0 Å². The van der Waals surface area contributed by atoms with Gasteiger partial charge in [0, 0.05) is 0 Å². The highest BCUT2D eigenvalue weighted by atomic mass is 35.5. The van der Waals surface area contributed by atoms with Crippen LogP contribution in [0.5, 0.6) is 0 Å². The van der Waals surface area contributed by atoms with Crippen molar-refractivity contribution in [3.8, 4) is 0 Å². The summed E-state index contributed by atoms with van der Waals surface area (Å²) in [6.07, 6.45) is -1.71. The molecular weight excluding hydrogens is 437 g/mol. The minimum atomic E-state index is -1.46. The molecule has 0 radical (unpaired) electrons. The Balaban J connectivity index is 1.94. The lowest BCUT2D eigenvalue weighted by molar-refractivity contribution is -0.139. The fraction of sp³-hybridized carbons (Fsp3) is 0.200. The van der Waals surface area contributed by atoms with Crippen molar-refractivity contribution in [3.63, 3.8) is 0 Å². The molecule has 0 spiro atoms. The Morgan fingerprint density at radius 2 is 1.57 bits per heavy atom. The molecule has 0 aliphatic rings. The fourth-order valence-corrected chi connectivity index (χ4v) is 2.88. The molecule has 8 nitrogen and oxygen atoms in total. The van der Waals surface area contributed by atoms with Crippen LogP contribution in [0.2, 0.25) is 10.0 Å². The number of halogens is 2. The van der Waals surface area contributed by atoms with Crippen molar-refractivity contribution < 1.29 is 33.8 Å². The number of benzene rings is 2. The number of Topliss-reactive ketones (excluding diaryl/α,β-unsaturated/α-hetero) is 1. The number of carboxylic acids is 1. The number of carboxylic acid groups (broad SMARTS) is 1. The van der Waals surface area contributed by atoms with Crippen molar-refractivity contribution in [2.45, 2.75) is 19.1 Å². The number of alkyl carbamates (subject to hydrolysis) is 1. The summed E-state index contributed by atoms with van der Waals surface area (Å²) in [4.78, 5) is 47.4. The summed E-state index contributed by atoms with van der Waals surface area (Å²) < 4.78 is 9.86. The number of nitrogens with one attached hydrogen (secondary N) is 1. The molecule has 1 atom stereocenters. The lowest BCUT2D eigenvalue weighted by Crippen LogP contribution is -2.44. The van der Waals surface area contributed by atoms with Crippen molar-refractivity contribution in [1.29, 1.82) is 0 Å². The van der Waals surface area contributed by atoms with Gasteiger partial charge < -0.3 is 19.9 Å². The number of esters is 1. The Bertz CT molecular complexity index is 914. The molecule has 158 valence electrons. The lowest BCUT2D eigenvalue weighted by Gasteiger charge is -2.16. The number of amides is 1. The molecule has 2 rings (SSSR count). The van der Waals surface area contributed by atoms with Gasteiger partial charge in [0.15, 0.2) is 12.4 Å². The number of carbonyl (C=O) groups is 4. The normalized spacial score (nSPS) is 11.3. The predicted molar refractivity (Wildman–Crippen MR) is 108 cm³/mol. The van der Waals surface area contributed by atoms with Gasteiger partial charge in [-0.15, -0.1) is 0 Å². The largest absolute Gasteiger partial charge is 0.481 e. The maximum Gasteiger partial charge on any atom is 0.408 e. The maximum absolute atomic E-state index is 12.3. The van der Waals surface area contributed by atoms with E-state index in [2.05, 4.69) is 5.32 Å². The van der Waals surface area contributed by atoms with Gasteiger partial charge in [0.05, 0.1) is 22.0 Å². The number of ether oxygens (including phenoxy) is 2. The molecule has 30 heavy (non-hydrogen) atoms. The second-order valence-electron chi connectivity index (χ2n) is 6.00. The SMILES string of the molecule is O=C(O)C[C@H](NC(=O)OCc1ccccc1)C(=O)COC(=O)c1c(Cl)cccc1Cl. The zero-order chi connectivity index (χ0) is 22.1. The van der Waals surface area contributed by atoms with E-state index < -0.39 is 42.9 Å². The van der Waals surface area contributed by atoms with Crippen LogP contribution in [-0.2, 0) is 25.7 Å². The van der Waals surface area contributed by atoms with Crippen LogP contribution in [0.1, 0.15) is 22.3 Å². The molecule has 2 aromatic rings. The minimum Gasteiger partial charge on any atom is -0.481 e. The molecule has 10 heteroatoms. The monoisotopic (exact) mass is 453 g/mol. The van der Waals surface area contributed by atoms with E-state index in [1.807, 2.05) is 0 Å². The third-order valence-electron chi connectivity index (χ3n) is 3.78. The van der Waals surface area contributed by atoms with Gasteiger partial charge in [0.2, 0.25) is 0 Å². The van der Waals surface area contributed by atoms with Gasteiger partial charge in [-0.3, -0.25) is 9.59 Å². The molecule has 0 aromatic heterocycles. The van der Waals surface area contributed by atoms with Crippen LogP contribution < -0.4 is 5.32 Å². The third-order valence-corrected chi connectivity index (χ3v) is 4.41. The van der Waals surface area contributed by atoms with Crippen molar-refractivity contribution in [1.82, 2.24) is 5.32 Å². The molecule has 0 saturated carbocycles. The first-order valence-electron chi connectivity index (χ1n) is 8.60. The second-order valence-corrected chi connectivity index (χ2v) is 6.81. The minimum absolute atomic E-state index is 0.0321. The van der Waals surface area contributed by atoms with E-state index in [4.69, 9.17) is 37.8 Å². The van der Waals surface area contributed by atoms with Gasteiger partial charge in [0.25, 0.3) is 0 Å². The highest BCUT2D eigenvalue weighted by Crippen LogP contribution is 2.24. The average molecular weight is 454 g/mol. The summed E-state index contributed by atoms with van der Waals surface area (Å²) in [6, 6.07) is 11.7. The van der Waals surface area contributed by atoms with E-state index in [0.29, 0.717) is 5.56 Å². The molecule has 0 unspecified atom stereocenters. The number of aliphatic carboxylic acids is 1. The van der Waals surface area contributed by atoms with Crippen LogP contribution in [0.4, 0.5) is 4.79 Å². The van der Waals surface area contributed by atoms with Crippen molar-refractivity contribution in [2.75, 3.05) is 6.61 Å². The Labute approximate surface area is 181 Å². The summed E-state index contributed by atoms with van der Waals surface area (Å²) >= 11 is 11.8. The smallest absolute Gasteiger partial charge is 0.408 e. The lowest BCUT2D eigenvalue weighted by atomic mass is 10.1. The molecule has 0 bridgehead atoms. The van der Waals surface area contributed by atoms with E-state index in [1.165, 1.54) is 18.2 Å². The molecule has 0 aliphatic carbocycles. The molecule has 2 N–H and O–H groups in total. The third kappa shape index (κ3) is 7.06. The van der Waals surface area contributed by atoms with Gasteiger partial charge >= 0.3 is 18.0 Å². The first kappa shape index (κ1) is 23.2. The highest BCUT2D eigenvalue weighted by Gasteiger charge is 2.26. The average Bonchev–Trinajstić information content (AvgIpc) is 2.70. The zero-order valence-electron chi connectivity index (χ0n) is 15.5. The van der Waals surface area contributed by atoms with Crippen LogP contribution >= 0.6 is 23.2 Å². The van der Waals surface area contributed by atoms with E-state index in [-0.39, 0.29) is 22.2 Å². The number of rotatable bonds is 9. The molecule has 0 heterocycles. The summed E-state index contributed by atoms with van der Waals surface area (Å²) in [6.45, 7) is -0.863.